The second-order valence-electron chi connectivity index (χ2n) is 39.0. The fraction of sp³-hybridized carbons (Fsp3) is 0.459. The lowest BCUT2D eigenvalue weighted by atomic mass is 10.1. The van der Waals surface area contributed by atoms with Crippen LogP contribution in [0.25, 0.3) is 111 Å². The molecule has 10 aromatic heterocycles. The highest BCUT2D eigenvalue weighted by Crippen LogP contribution is 2.47. The van der Waals surface area contributed by atoms with Crippen LogP contribution in [0, 0.1) is 5.92 Å². The molecule has 2 fully saturated rings. The average Bonchev–Trinajstić information content (AvgIpc) is 1.52. The molecule has 4 N–H and O–H groups in total. The number of nitrogens with zero attached hydrogens (tertiary/aromatic N) is 12. The summed E-state index contributed by atoms with van der Waals surface area (Å²) in [6.45, 7) is 55.9. The summed E-state index contributed by atoms with van der Waals surface area (Å²) in [6, 6.07) is 30.6. The zero-order chi connectivity index (χ0) is 106. The SMILES string of the molecule is CC(C)Nc1nc(-c2cc(OC(C)C)c3ccc(OCCN4CCCCC4)c(Cl)c3n2)cs1.CC(C)Nc1nc(-c2cc(OC(C)C)c3ccc(OCCN4CC[C@@H](C)C4)c(Cl)c3n2)cs1.CCCOc1ccc2c(OC(C)C)cc(-c3coc(NC(C)C)n3)nc2c1Cl.CCCOc1ccc2c(OC(C)C)cc(-c3nc(C(C)C)cs3)nc2c1Cl.COc1ccc2c(OC(C)C)cc(-c3coc(NC(C)C)n3)nc2c1Cl. The van der Waals surface area contributed by atoms with E-state index in [1.165, 1.54) is 25.7 Å². The molecule has 2 aliphatic rings. The number of pyridine rings is 5. The van der Waals surface area contributed by atoms with Gasteiger partial charge < -0.3 is 77.5 Å². The molecule has 788 valence electrons. The number of nitrogens with one attached hydrogen (secondary N) is 4. The number of oxazole rings is 2. The van der Waals surface area contributed by atoms with Crippen LogP contribution in [0.4, 0.5) is 22.3 Å². The molecule has 17 rings (SSSR count). The lowest BCUT2D eigenvalue weighted by molar-refractivity contribution is 0.183. The number of hydrogen-bond donors (Lipinski definition) is 4. The summed E-state index contributed by atoms with van der Waals surface area (Å²) in [5.74, 6) is 7.89. The van der Waals surface area contributed by atoms with Gasteiger partial charge in [-0.1, -0.05) is 99.0 Å². The molecule has 0 saturated carbocycles. The molecule has 1 atom stereocenters. The first kappa shape index (κ1) is 113. The normalized spacial score (nSPS) is 13.4. The molecule has 0 spiro atoms. The number of likely N-dealkylation sites (tertiary alicyclic amines) is 2. The molecule has 2 aliphatic heterocycles. The Hall–Kier alpha value is -11.0. The summed E-state index contributed by atoms with van der Waals surface area (Å²) in [4.78, 5) is 51.9. The van der Waals surface area contributed by atoms with Gasteiger partial charge in [-0.05, 0) is 249 Å². The number of ether oxygens (including phenoxy) is 10. The van der Waals surface area contributed by atoms with Crippen molar-refractivity contribution in [1.82, 2.24) is 59.6 Å². The van der Waals surface area contributed by atoms with Gasteiger partial charge in [0.15, 0.2) is 10.3 Å². The number of benzene rings is 5. The first-order valence-electron chi connectivity index (χ1n) is 50.7. The Balaban J connectivity index is 0.000000154. The number of piperidine rings is 1. The van der Waals surface area contributed by atoms with Crippen LogP contribution in [-0.4, -0.2) is 187 Å². The molecule has 15 aromatic rings. The van der Waals surface area contributed by atoms with Crippen LogP contribution in [0.3, 0.4) is 0 Å². The standard InChI is InChI=1S/2C25H33ClN4O2S.C21H26ClN3O3.C21H25ClN2O2S.C19H22ClN3O3/c1-15(2)27-25-29-20(14-33-25)19-12-22(32-16(3)4)18-6-7-21(23(26)24(18)28-19)31-11-10-30-9-8-17(5)13-30;1-16(2)27-25-29-20(15-33-25)19-14-22(32-17(3)4)18-8-9-21(23(26)24(18)28-19)31-13-12-30-10-6-5-7-11-30;1-6-9-26-17-8-7-14-18(28-13(4)5)10-15(24-20(14)19(17)22)16-11-27-21(25-16)23-12(2)3;1-6-9-25-17-8-7-14-18(26-13(4)5)10-15(23-20(14)19(17)22)21-24-16(11-27-21)12(2)3;1-10(2)21-19-23-14(9-25-19)13-8-16(26-11(3)4)12-6-7-15(24-5)17(20)18(12)22-13/h6-7,12,14-17H,8-11,13H2,1-5H3,(H,27,29);8-9,14-17H,5-7,10-13H2,1-4H3,(H,27,29);7-8,10-13H,6,9H2,1-5H3,(H,23,25);7-8,10-13H,6,9H2,1-5H3;6-11H,1-5H3,(H,21,23)/t17-;;;;/m1..../s1. The van der Waals surface area contributed by atoms with E-state index in [9.17, 15) is 0 Å². The second kappa shape index (κ2) is 53.5. The van der Waals surface area contributed by atoms with Gasteiger partial charge in [0.05, 0.1) is 107 Å². The Labute approximate surface area is 900 Å². The number of halogens is 5. The maximum Gasteiger partial charge on any atom is 0.295 e. The van der Waals surface area contributed by atoms with Gasteiger partial charge in [0.2, 0.25) is 0 Å². The summed E-state index contributed by atoms with van der Waals surface area (Å²) >= 11 is 38.1. The van der Waals surface area contributed by atoms with E-state index >= 15 is 0 Å². The van der Waals surface area contributed by atoms with Crippen LogP contribution in [0.5, 0.6) is 57.5 Å². The lowest BCUT2D eigenvalue weighted by Crippen LogP contribution is -2.33. The lowest BCUT2D eigenvalue weighted by Gasteiger charge is -2.26. The van der Waals surface area contributed by atoms with Crippen molar-refractivity contribution in [2.45, 2.75) is 258 Å². The number of methoxy groups -OCH3 is 1. The molecule has 28 nitrogen and oxygen atoms in total. The Bertz CT molecular complexity index is 6710. The molecule has 0 unspecified atom stereocenters. The predicted octanol–water partition coefficient (Wildman–Crippen LogP) is 30.6. The Morgan fingerprint density at radius 2 is 0.673 bits per heavy atom. The van der Waals surface area contributed by atoms with Gasteiger partial charge in [-0.15, -0.1) is 34.0 Å². The largest absolute Gasteiger partial charge is 0.495 e. The van der Waals surface area contributed by atoms with Crippen LogP contribution in [-0.2, 0) is 0 Å². The van der Waals surface area contributed by atoms with E-state index in [0.29, 0.717) is 172 Å². The highest BCUT2D eigenvalue weighted by atomic mass is 35.5. The molecule has 0 aliphatic carbocycles. The minimum atomic E-state index is 0.00345. The van der Waals surface area contributed by atoms with Crippen molar-refractivity contribution >= 4 is 169 Å². The van der Waals surface area contributed by atoms with E-state index in [-0.39, 0.29) is 42.6 Å². The van der Waals surface area contributed by atoms with Crippen molar-refractivity contribution in [3.63, 3.8) is 0 Å². The molecular formula is C111H139Cl5N16O12S3. The minimum Gasteiger partial charge on any atom is -0.495 e. The Kier molecular flexibility index (Phi) is 41.2. The van der Waals surface area contributed by atoms with Gasteiger partial charge in [-0.2, -0.15) is 9.97 Å². The predicted molar refractivity (Wildman–Crippen MR) is 606 cm³/mol. The summed E-state index contributed by atoms with van der Waals surface area (Å²) in [5, 5.41) is 28.3. The first-order valence-corrected chi connectivity index (χ1v) is 55.3. The van der Waals surface area contributed by atoms with Gasteiger partial charge in [0.25, 0.3) is 12.0 Å². The maximum absolute atomic E-state index is 6.82. The van der Waals surface area contributed by atoms with E-state index in [2.05, 4.69) is 107 Å². The quantitative estimate of drug-likeness (QED) is 0.0278. The Morgan fingerprint density at radius 3 is 0.993 bits per heavy atom. The topological polar surface area (TPSA) is 302 Å². The monoisotopic (exact) mass is 2160 g/mol. The summed E-state index contributed by atoms with van der Waals surface area (Å²) in [6.07, 6.45) is 10.2. The fourth-order valence-electron chi connectivity index (χ4n) is 15.9. The first-order chi connectivity index (χ1) is 70.4. The third-order valence-electron chi connectivity index (χ3n) is 22.5. The fourth-order valence-corrected chi connectivity index (χ4v) is 19.9. The van der Waals surface area contributed by atoms with Crippen molar-refractivity contribution in [3.05, 3.63) is 150 Å². The average molecular weight is 2160 g/mol. The van der Waals surface area contributed by atoms with Gasteiger partial charge in [-0.25, -0.2) is 39.9 Å². The summed E-state index contributed by atoms with van der Waals surface area (Å²) in [5.41, 5.74) is 10.6. The van der Waals surface area contributed by atoms with E-state index in [1.807, 2.05) is 200 Å². The highest BCUT2D eigenvalue weighted by molar-refractivity contribution is 7.14. The van der Waals surface area contributed by atoms with Gasteiger partial charge >= 0.3 is 0 Å². The molecule has 5 aromatic carbocycles. The van der Waals surface area contributed by atoms with Crippen molar-refractivity contribution in [3.8, 4) is 114 Å². The third kappa shape index (κ3) is 30.9. The molecule has 147 heavy (non-hydrogen) atoms. The maximum atomic E-state index is 6.82. The van der Waals surface area contributed by atoms with Crippen LogP contribution >= 0.6 is 92.0 Å². The van der Waals surface area contributed by atoms with Gasteiger partial charge in [-0.3, -0.25) is 9.80 Å². The molecular weight excluding hydrogens is 2020 g/mol. The molecule has 12 heterocycles. The van der Waals surface area contributed by atoms with Crippen molar-refractivity contribution in [1.29, 1.82) is 0 Å². The number of fused-ring (bicyclic) bond motifs is 5. The number of thiazole rings is 3. The van der Waals surface area contributed by atoms with Crippen LogP contribution in [0.15, 0.2) is 128 Å². The zero-order valence-electron chi connectivity index (χ0n) is 88.6. The van der Waals surface area contributed by atoms with E-state index in [0.717, 1.165) is 152 Å². The van der Waals surface area contributed by atoms with Crippen LogP contribution in [0.2, 0.25) is 25.1 Å². The van der Waals surface area contributed by atoms with Crippen molar-refractivity contribution in [2.75, 3.05) is 94.1 Å². The molecule has 0 amide bonds. The highest BCUT2D eigenvalue weighted by Gasteiger charge is 2.28. The number of aromatic nitrogens is 10. The minimum absolute atomic E-state index is 0.00345. The molecule has 0 radical (unpaired) electrons. The number of anilines is 4. The van der Waals surface area contributed by atoms with E-state index in [4.69, 9.17) is 149 Å². The van der Waals surface area contributed by atoms with Gasteiger partial charge in [0.1, 0.15) is 142 Å². The summed E-state index contributed by atoms with van der Waals surface area (Å²) in [7, 11) is 1.57. The van der Waals surface area contributed by atoms with Crippen LogP contribution < -0.4 is 68.6 Å². The Morgan fingerprint density at radius 1 is 0.347 bits per heavy atom. The van der Waals surface area contributed by atoms with Crippen molar-refractivity contribution in [2.24, 2.45) is 5.92 Å². The summed E-state index contributed by atoms with van der Waals surface area (Å²) < 4.78 is 70.3. The smallest absolute Gasteiger partial charge is 0.295 e. The molecule has 36 heteroatoms. The number of hydrogen-bond acceptors (Lipinski definition) is 31. The molecule has 0 bridgehead atoms. The zero-order valence-corrected chi connectivity index (χ0v) is 94.8. The number of rotatable bonds is 39. The van der Waals surface area contributed by atoms with Gasteiger partial charge in [0, 0.05) is 117 Å². The van der Waals surface area contributed by atoms with E-state index < -0.39 is 0 Å². The molecule has 2 saturated heterocycles. The van der Waals surface area contributed by atoms with Crippen LogP contribution in [0.1, 0.15) is 209 Å². The third-order valence-corrected chi connectivity index (χ3v) is 26.8. The second-order valence-corrected chi connectivity index (χ2v) is 43.5. The van der Waals surface area contributed by atoms with E-state index in [1.54, 1.807) is 59.7 Å². The van der Waals surface area contributed by atoms with Crippen molar-refractivity contribution < 1.29 is 56.2 Å².